The van der Waals surface area contributed by atoms with Crippen molar-refractivity contribution in [2.24, 2.45) is 5.92 Å². The molecule has 1 aromatic heterocycles. The van der Waals surface area contributed by atoms with Crippen LogP contribution in [-0.4, -0.2) is 36.1 Å². The SMILES string of the molecule is c1ccc2c([C@H](CC3CC3)N3CCNCC3)c[nH]c2c1. The third-order valence-corrected chi connectivity index (χ3v) is 4.83. The summed E-state index contributed by atoms with van der Waals surface area (Å²) in [6.45, 7) is 4.61. The third-order valence-electron chi connectivity index (χ3n) is 4.83. The van der Waals surface area contributed by atoms with Crippen LogP contribution in [0.5, 0.6) is 0 Å². The van der Waals surface area contributed by atoms with Crippen molar-refractivity contribution in [3.8, 4) is 0 Å². The zero-order valence-corrected chi connectivity index (χ0v) is 11.9. The largest absolute Gasteiger partial charge is 0.361 e. The van der Waals surface area contributed by atoms with Gasteiger partial charge in [0.05, 0.1) is 0 Å². The maximum absolute atomic E-state index is 3.47. The number of hydrogen-bond acceptors (Lipinski definition) is 2. The van der Waals surface area contributed by atoms with Gasteiger partial charge in [0.2, 0.25) is 0 Å². The summed E-state index contributed by atoms with van der Waals surface area (Å²) in [5, 5.41) is 4.89. The number of nitrogens with zero attached hydrogens (tertiary/aromatic N) is 1. The van der Waals surface area contributed by atoms with Gasteiger partial charge in [-0.2, -0.15) is 0 Å². The molecule has 0 amide bonds. The maximum Gasteiger partial charge on any atom is 0.0457 e. The van der Waals surface area contributed by atoms with Crippen LogP contribution in [-0.2, 0) is 0 Å². The lowest BCUT2D eigenvalue weighted by molar-refractivity contribution is 0.161. The highest BCUT2D eigenvalue weighted by atomic mass is 15.2. The second-order valence-corrected chi connectivity index (χ2v) is 6.27. The van der Waals surface area contributed by atoms with Gasteiger partial charge in [0.25, 0.3) is 0 Å². The van der Waals surface area contributed by atoms with Gasteiger partial charge in [0.15, 0.2) is 0 Å². The number of nitrogens with one attached hydrogen (secondary N) is 2. The Hall–Kier alpha value is -1.32. The maximum atomic E-state index is 3.47. The van der Waals surface area contributed by atoms with E-state index >= 15 is 0 Å². The lowest BCUT2D eigenvalue weighted by Crippen LogP contribution is -2.45. The van der Waals surface area contributed by atoms with Crippen molar-refractivity contribution in [1.82, 2.24) is 15.2 Å². The van der Waals surface area contributed by atoms with Crippen LogP contribution in [0.2, 0.25) is 0 Å². The summed E-state index contributed by atoms with van der Waals surface area (Å²) < 4.78 is 0. The van der Waals surface area contributed by atoms with E-state index in [0.29, 0.717) is 6.04 Å². The molecule has 4 rings (SSSR count). The quantitative estimate of drug-likeness (QED) is 0.894. The highest BCUT2D eigenvalue weighted by Gasteiger charge is 2.31. The highest BCUT2D eigenvalue weighted by molar-refractivity contribution is 5.83. The van der Waals surface area contributed by atoms with Crippen molar-refractivity contribution in [2.45, 2.75) is 25.3 Å². The number of H-pyrrole nitrogens is 1. The molecule has 0 unspecified atom stereocenters. The number of para-hydroxylation sites is 1. The Kier molecular flexibility index (Phi) is 3.25. The first-order valence-electron chi connectivity index (χ1n) is 7.92. The molecule has 1 aliphatic carbocycles. The molecule has 1 aliphatic heterocycles. The molecular formula is C17H23N3. The average Bonchev–Trinajstić information content (AvgIpc) is 3.24. The Bertz CT molecular complexity index is 579. The lowest BCUT2D eigenvalue weighted by Gasteiger charge is -2.35. The first-order chi connectivity index (χ1) is 9.92. The van der Waals surface area contributed by atoms with Crippen LogP contribution in [0.3, 0.4) is 0 Å². The van der Waals surface area contributed by atoms with E-state index in [9.17, 15) is 0 Å². The van der Waals surface area contributed by atoms with Crippen LogP contribution in [0.15, 0.2) is 30.5 Å². The van der Waals surface area contributed by atoms with Crippen molar-refractivity contribution in [3.63, 3.8) is 0 Å². The fourth-order valence-electron chi connectivity index (χ4n) is 3.51. The summed E-state index contributed by atoms with van der Waals surface area (Å²) in [5.74, 6) is 0.962. The van der Waals surface area contributed by atoms with Gasteiger partial charge in [0, 0.05) is 49.3 Å². The van der Waals surface area contributed by atoms with E-state index < -0.39 is 0 Å². The minimum Gasteiger partial charge on any atom is -0.361 e. The van der Waals surface area contributed by atoms with Gasteiger partial charge in [-0.25, -0.2) is 0 Å². The monoisotopic (exact) mass is 269 g/mol. The molecule has 106 valence electrons. The Morgan fingerprint density at radius 2 is 1.95 bits per heavy atom. The summed E-state index contributed by atoms with van der Waals surface area (Å²) in [7, 11) is 0. The summed E-state index contributed by atoms with van der Waals surface area (Å²) in [5.41, 5.74) is 2.79. The summed E-state index contributed by atoms with van der Waals surface area (Å²) in [6, 6.07) is 9.32. The van der Waals surface area contributed by atoms with E-state index in [1.807, 2.05) is 0 Å². The summed E-state index contributed by atoms with van der Waals surface area (Å²) in [4.78, 5) is 6.14. The standard InChI is InChI=1S/C17H23N3/c1-2-4-16-14(3-1)15(12-19-16)17(11-13-5-6-13)20-9-7-18-8-10-20/h1-4,12-13,17-19H,5-11H2/t17-/m0/s1. The number of aromatic amines is 1. The predicted octanol–water partition coefficient (Wildman–Crippen LogP) is 2.91. The predicted molar refractivity (Wildman–Crippen MR) is 82.8 cm³/mol. The molecule has 2 aromatic rings. The van der Waals surface area contributed by atoms with E-state index in [2.05, 4.69) is 45.7 Å². The Morgan fingerprint density at radius 1 is 1.15 bits per heavy atom. The van der Waals surface area contributed by atoms with Crippen molar-refractivity contribution < 1.29 is 0 Å². The molecule has 0 spiro atoms. The smallest absolute Gasteiger partial charge is 0.0457 e. The van der Waals surface area contributed by atoms with Crippen LogP contribution in [0.4, 0.5) is 0 Å². The van der Waals surface area contributed by atoms with E-state index in [0.717, 1.165) is 19.0 Å². The number of fused-ring (bicyclic) bond motifs is 1. The summed E-state index contributed by atoms with van der Waals surface area (Å²) >= 11 is 0. The molecule has 1 aromatic carbocycles. The molecule has 0 radical (unpaired) electrons. The number of rotatable bonds is 4. The molecule has 2 N–H and O–H groups in total. The molecule has 0 bridgehead atoms. The van der Waals surface area contributed by atoms with Crippen molar-refractivity contribution in [3.05, 3.63) is 36.0 Å². The van der Waals surface area contributed by atoms with Crippen LogP contribution in [0, 0.1) is 5.92 Å². The zero-order chi connectivity index (χ0) is 13.4. The molecule has 2 aliphatic rings. The van der Waals surface area contributed by atoms with Crippen molar-refractivity contribution in [1.29, 1.82) is 0 Å². The van der Waals surface area contributed by atoms with Crippen LogP contribution in [0.25, 0.3) is 10.9 Å². The van der Waals surface area contributed by atoms with Crippen LogP contribution in [0.1, 0.15) is 30.9 Å². The van der Waals surface area contributed by atoms with Crippen LogP contribution < -0.4 is 5.32 Å². The number of aromatic nitrogens is 1. The molecule has 1 saturated heterocycles. The minimum atomic E-state index is 0.598. The van der Waals surface area contributed by atoms with Gasteiger partial charge >= 0.3 is 0 Å². The fourth-order valence-corrected chi connectivity index (χ4v) is 3.51. The fraction of sp³-hybridized carbons (Fsp3) is 0.529. The third kappa shape index (κ3) is 2.36. The van der Waals surface area contributed by atoms with E-state index in [-0.39, 0.29) is 0 Å². The van der Waals surface area contributed by atoms with Crippen molar-refractivity contribution in [2.75, 3.05) is 26.2 Å². The second-order valence-electron chi connectivity index (χ2n) is 6.27. The molecule has 3 nitrogen and oxygen atoms in total. The zero-order valence-electron chi connectivity index (χ0n) is 11.9. The van der Waals surface area contributed by atoms with Gasteiger partial charge in [-0.1, -0.05) is 31.0 Å². The molecular weight excluding hydrogens is 246 g/mol. The van der Waals surface area contributed by atoms with Gasteiger partial charge in [-0.05, 0) is 24.0 Å². The van der Waals surface area contributed by atoms with Gasteiger partial charge in [-0.3, -0.25) is 4.90 Å². The number of piperazine rings is 1. The van der Waals surface area contributed by atoms with Gasteiger partial charge in [0.1, 0.15) is 0 Å². The molecule has 1 atom stereocenters. The molecule has 20 heavy (non-hydrogen) atoms. The Labute approximate surface area is 120 Å². The van der Waals surface area contributed by atoms with E-state index in [1.165, 1.54) is 48.8 Å². The topological polar surface area (TPSA) is 31.1 Å². The molecule has 2 fully saturated rings. The average molecular weight is 269 g/mol. The Morgan fingerprint density at radius 3 is 2.75 bits per heavy atom. The van der Waals surface area contributed by atoms with Crippen molar-refractivity contribution >= 4 is 10.9 Å². The normalized spacial score (nSPS) is 22.2. The molecule has 2 heterocycles. The first-order valence-corrected chi connectivity index (χ1v) is 7.92. The first kappa shape index (κ1) is 12.4. The Balaban J connectivity index is 1.68. The number of benzene rings is 1. The number of hydrogen-bond donors (Lipinski definition) is 2. The molecule has 3 heteroatoms. The van der Waals surface area contributed by atoms with Crippen LogP contribution >= 0.6 is 0 Å². The highest BCUT2D eigenvalue weighted by Crippen LogP contribution is 2.41. The van der Waals surface area contributed by atoms with Gasteiger partial charge in [-0.15, -0.1) is 0 Å². The second kappa shape index (κ2) is 5.23. The van der Waals surface area contributed by atoms with E-state index in [4.69, 9.17) is 0 Å². The van der Waals surface area contributed by atoms with Gasteiger partial charge < -0.3 is 10.3 Å². The summed E-state index contributed by atoms with van der Waals surface area (Å²) in [6.07, 6.45) is 6.46. The minimum absolute atomic E-state index is 0.598. The van der Waals surface area contributed by atoms with E-state index in [1.54, 1.807) is 0 Å². The molecule has 1 saturated carbocycles. The lowest BCUT2D eigenvalue weighted by atomic mass is 9.98.